The highest BCUT2D eigenvalue weighted by Crippen LogP contribution is 2.37. The second-order valence-electron chi connectivity index (χ2n) is 7.97. The van der Waals surface area contributed by atoms with Crippen molar-refractivity contribution >= 4 is 29.6 Å². The van der Waals surface area contributed by atoms with E-state index in [9.17, 15) is 4.39 Å². The number of hydrogen-bond acceptors (Lipinski definition) is 1. The van der Waals surface area contributed by atoms with Crippen molar-refractivity contribution in [3.05, 3.63) is 0 Å². The first-order valence-corrected chi connectivity index (χ1v) is 21.9. The average Bonchev–Trinajstić information content (AvgIpc) is 1.96. The van der Waals surface area contributed by atoms with Crippen LogP contribution >= 0.6 is 0 Å². The molecule has 0 amide bonds. The maximum atomic E-state index is 12.6. The van der Waals surface area contributed by atoms with Crippen LogP contribution < -0.4 is 0 Å². The quantitative estimate of drug-likeness (QED) is 0.669. The van der Waals surface area contributed by atoms with E-state index in [-0.39, 0.29) is 6.67 Å². The fourth-order valence-electron chi connectivity index (χ4n) is 4.22. The van der Waals surface area contributed by atoms with Crippen molar-refractivity contribution in [2.45, 2.75) is 58.9 Å². The van der Waals surface area contributed by atoms with E-state index in [1.165, 1.54) is 0 Å². The van der Waals surface area contributed by atoms with Gasteiger partial charge in [-0.1, -0.05) is 58.9 Å². The summed E-state index contributed by atoms with van der Waals surface area (Å²) in [6.07, 6.45) is 0. The van der Waals surface area contributed by atoms with Gasteiger partial charge in [0.05, 0.1) is 29.4 Å². The van der Waals surface area contributed by atoms with E-state index >= 15 is 0 Å². The van der Waals surface area contributed by atoms with Gasteiger partial charge in [0.15, 0.2) is 6.87 Å². The Labute approximate surface area is 111 Å². The predicted molar refractivity (Wildman–Crippen MR) is 87.7 cm³/mol. The van der Waals surface area contributed by atoms with Gasteiger partial charge < -0.3 is 4.43 Å². The first-order valence-electron chi connectivity index (χ1n) is 6.51. The predicted octanol–water partition coefficient (Wildman–Crippen LogP) is 4.17. The van der Waals surface area contributed by atoms with Gasteiger partial charge in [-0.2, -0.15) is 0 Å². The summed E-state index contributed by atoms with van der Waals surface area (Å²) in [6, 6.07) is 0. The number of rotatable bonds is 6. The number of alkyl halides is 1. The molecule has 0 aromatic rings. The lowest BCUT2D eigenvalue weighted by Crippen LogP contribution is -2.84. The molecule has 1 nitrogen and oxygen atoms in total. The van der Waals surface area contributed by atoms with Crippen LogP contribution in [0.15, 0.2) is 0 Å². The molecule has 0 aliphatic carbocycles. The van der Waals surface area contributed by atoms with Crippen LogP contribution in [0.2, 0.25) is 58.9 Å². The van der Waals surface area contributed by atoms with Gasteiger partial charge in [-0.25, -0.2) is 4.39 Å². The van der Waals surface area contributed by atoms with Crippen LogP contribution in [0.5, 0.6) is 0 Å². The molecule has 0 saturated heterocycles. The van der Waals surface area contributed by atoms with Crippen molar-refractivity contribution in [1.82, 2.24) is 0 Å². The van der Waals surface area contributed by atoms with Crippen LogP contribution in [0.4, 0.5) is 4.39 Å². The molecule has 0 aromatic carbocycles. The molecule has 0 spiro atoms. The lowest BCUT2D eigenvalue weighted by atomic mass is 10.9. The fraction of sp³-hybridized carbons (Fsp3) is 1.00. The van der Waals surface area contributed by atoms with Crippen LogP contribution in [0, 0.1) is 0 Å². The van der Waals surface area contributed by atoms with E-state index in [2.05, 4.69) is 58.9 Å². The molecule has 0 saturated carbocycles. The Bertz CT molecular complexity index is 214. The molecule has 0 fully saturated rings. The molecule has 17 heavy (non-hydrogen) atoms. The molecule has 0 N–H and O–H groups in total. The average molecular weight is 311 g/mol. The monoisotopic (exact) mass is 310 g/mol. The van der Waals surface area contributed by atoms with Crippen LogP contribution in [0.1, 0.15) is 0 Å². The molecule has 0 aliphatic heterocycles. The second kappa shape index (κ2) is 5.40. The topological polar surface area (TPSA) is 9.23 Å². The van der Waals surface area contributed by atoms with E-state index in [0.717, 1.165) is 0 Å². The molecule has 0 heterocycles. The SMILES string of the molecule is C[Si](C)(C)[Si](OCCF)([Si](C)(C)C)[Si](C)(C)C. The first-order chi connectivity index (χ1) is 7.31. The maximum Gasteiger partial charge on any atom is 0.158 e. The Morgan fingerprint density at radius 3 is 1.18 bits per heavy atom. The highest BCUT2D eigenvalue weighted by molar-refractivity contribution is 7.87. The van der Waals surface area contributed by atoms with Crippen molar-refractivity contribution in [1.29, 1.82) is 0 Å². The van der Waals surface area contributed by atoms with Crippen LogP contribution in [0.25, 0.3) is 0 Å². The summed E-state index contributed by atoms with van der Waals surface area (Å²) in [5, 5.41) is 0. The Balaban J connectivity index is 5.75. The normalized spacial score (nSPS) is 15.2. The van der Waals surface area contributed by atoms with Gasteiger partial charge in [-0.15, -0.1) is 0 Å². The lowest BCUT2D eigenvalue weighted by molar-refractivity contribution is 0.281. The summed E-state index contributed by atoms with van der Waals surface area (Å²) >= 11 is 0. The third-order valence-electron chi connectivity index (χ3n) is 3.56. The lowest BCUT2D eigenvalue weighted by Gasteiger charge is -2.56. The molecule has 0 radical (unpaired) electrons. The third kappa shape index (κ3) is 3.40. The second-order valence-corrected chi connectivity index (χ2v) is 47.5. The van der Waals surface area contributed by atoms with Gasteiger partial charge in [-0.3, -0.25) is 0 Å². The summed E-state index contributed by atoms with van der Waals surface area (Å²) in [4.78, 5) is 0. The molecule has 104 valence electrons. The highest BCUT2D eigenvalue weighted by atomic mass is 29.9. The molecule has 0 bridgehead atoms. The molecule has 0 atom stereocenters. The summed E-state index contributed by atoms with van der Waals surface area (Å²) in [5.41, 5.74) is 0. The van der Waals surface area contributed by atoms with Crippen LogP contribution in [0.3, 0.4) is 0 Å². The van der Waals surface area contributed by atoms with Gasteiger partial charge in [0.1, 0.15) is 6.67 Å². The zero-order valence-corrected chi connectivity index (χ0v) is 17.2. The minimum absolute atomic E-state index is 0.325. The summed E-state index contributed by atoms with van der Waals surface area (Å²) in [5.74, 6) is 0. The van der Waals surface area contributed by atoms with Gasteiger partial charge in [0, 0.05) is 0 Å². The molecule has 0 aliphatic rings. The van der Waals surface area contributed by atoms with E-state index in [0.29, 0.717) is 6.61 Å². The smallest absolute Gasteiger partial charge is 0.158 e. The van der Waals surface area contributed by atoms with Gasteiger partial charge in [-0.05, 0) is 0 Å². The Hall–Kier alpha value is 0.758. The van der Waals surface area contributed by atoms with Crippen molar-refractivity contribution in [3.63, 3.8) is 0 Å². The Morgan fingerprint density at radius 2 is 1.00 bits per heavy atom. The van der Waals surface area contributed by atoms with Crippen molar-refractivity contribution < 1.29 is 8.82 Å². The molecule has 0 rings (SSSR count). The zero-order valence-electron chi connectivity index (χ0n) is 13.2. The summed E-state index contributed by atoms with van der Waals surface area (Å²) in [6.45, 7) is 20.3. The number of hydrogen-bond donors (Lipinski definition) is 0. The minimum atomic E-state index is -1.74. The van der Waals surface area contributed by atoms with Crippen molar-refractivity contribution in [2.75, 3.05) is 13.3 Å². The number of halogens is 1. The van der Waals surface area contributed by atoms with Gasteiger partial charge >= 0.3 is 0 Å². The summed E-state index contributed by atoms with van der Waals surface area (Å²) in [7, 11) is -4.11. The maximum absolute atomic E-state index is 12.6. The van der Waals surface area contributed by atoms with Gasteiger partial charge in [0.25, 0.3) is 0 Å². The van der Waals surface area contributed by atoms with Crippen LogP contribution in [-0.2, 0) is 4.43 Å². The highest BCUT2D eigenvalue weighted by Gasteiger charge is 2.63. The standard InChI is InChI=1S/C11H31FOSi4/c1-14(2,3)17(13-11-10-12,15(4,5)6)16(7,8)9/h10-11H2,1-9H3. The zero-order chi connectivity index (χ0) is 14.1. The largest absolute Gasteiger partial charge is 0.423 e. The van der Waals surface area contributed by atoms with Crippen LogP contribution in [-0.4, -0.2) is 42.9 Å². The van der Waals surface area contributed by atoms with Crippen molar-refractivity contribution in [2.24, 2.45) is 0 Å². The fourth-order valence-corrected chi connectivity index (χ4v) is 98.5. The van der Waals surface area contributed by atoms with Gasteiger partial charge in [0.2, 0.25) is 0 Å². The molecular formula is C11H31FOSi4. The van der Waals surface area contributed by atoms with E-state index in [4.69, 9.17) is 4.43 Å². The van der Waals surface area contributed by atoms with E-state index in [1.807, 2.05) is 0 Å². The molecule has 0 aromatic heterocycles. The molecular weight excluding hydrogens is 279 g/mol. The first kappa shape index (κ1) is 17.8. The summed E-state index contributed by atoms with van der Waals surface area (Å²) < 4.78 is 19.1. The van der Waals surface area contributed by atoms with Crippen molar-refractivity contribution in [3.8, 4) is 0 Å². The Kier molecular flexibility index (Phi) is 5.64. The Morgan fingerprint density at radius 1 is 0.706 bits per heavy atom. The van der Waals surface area contributed by atoms with E-state index < -0.39 is 29.6 Å². The third-order valence-corrected chi connectivity index (χ3v) is 71.3. The molecule has 0 unspecified atom stereocenters. The van der Waals surface area contributed by atoms with E-state index in [1.54, 1.807) is 0 Å². The molecule has 6 heteroatoms. The minimum Gasteiger partial charge on any atom is -0.423 e.